The summed E-state index contributed by atoms with van der Waals surface area (Å²) in [7, 11) is 1.94. The zero-order valence-electron chi connectivity index (χ0n) is 9.72. The van der Waals surface area contributed by atoms with Gasteiger partial charge in [-0.05, 0) is 12.5 Å². The second-order valence-electron chi connectivity index (χ2n) is 3.74. The smallest absolute Gasteiger partial charge is 0.203 e. The maximum atomic E-state index is 4.29. The van der Waals surface area contributed by atoms with Crippen molar-refractivity contribution in [3.05, 3.63) is 30.4 Å². The first-order valence-electron chi connectivity index (χ1n) is 5.53. The number of aryl methyl sites for hydroxylation is 2. The number of nitrogens with zero attached hydrogens (tertiary/aromatic N) is 4. The summed E-state index contributed by atoms with van der Waals surface area (Å²) < 4.78 is 3.98. The van der Waals surface area contributed by atoms with E-state index in [1.165, 1.54) is 0 Å². The van der Waals surface area contributed by atoms with Gasteiger partial charge in [0.05, 0.1) is 12.2 Å². The molecule has 0 aliphatic rings. The highest BCUT2D eigenvalue weighted by Crippen LogP contribution is 2.07. The molecule has 0 spiro atoms. The molecule has 0 radical (unpaired) electrons. The lowest BCUT2D eigenvalue weighted by molar-refractivity contribution is 0.676. The summed E-state index contributed by atoms with van der Waals surface area (Å²) in [5.41, 5.74) is 1.14. The fourth-order valence-corrected chi connectivity index (χ4v) is 1.64. The summed E-state index contributed by atoms with van der Waals surface area (Å²) in [5.74, 6) is 0.919. The van der Waals surface area contributed by atoms with Gasteiger partial charge in [0.15, 0.2) is 0 Å². The van der Waals surface area contributed by atoms with E-state index in [0.29, 0.717) is 0 Å². The maximum absolute atomic E-state index is 4.29. The molecule has 0 saturated heterocycles. The minimum Gasteiger partial charge on any atom is -0.350 e. The maximum Gasteiger partial charge on any atom is 0.203 e. The van der Waals surface area contributed by atoms with Gasteiger partial charge in [-0.3, -0.25) is 4.68 Å². The van der Waals surface area contributed by atoms with E-state index in [9.17, 15) is 0 Å². The second-order valence-corrected chi connectivity index (χ2v) is 3.74. The van der Waals surface area contributed by atoms with E-state index in [4.69, 9.17) is 0 Å². The standard InChI is InChI=1S/C11H17N5/c1-3-7-16-8-6-12-11(16)13-9-10-4-5-14-15(10)2/h4-6,8H,3,7,9H2,1-2H3,(H,12,13). The van der Waals surface area contributed by atoms with Crippen molar-refractivity contribution >= 4 is 5.95 Å². The highest BCUT2D eigenvalue weighted by molar-refractivity contribution is 5.26. The normalized spacial score (nSPS) is 10.6. The number of aromatic nitrogens is 4. The van der Waals surface area contributed by atoms with Gasteiger partial charge in [0.2, 0.25) is 5.95 Å². The molecule has 2 aromatic heterocycles. The van der Waals surface area contributed by atoms with E-state index in [-0.39, 0.29) is 0 Å². The number of imidazole rings is 1. The summed E-state index contributed by atoms with van der Waals surface area (Å²) in [6.07, 6.45) is 6.72. The molecule has 0 aliphatic heterocycles. The van der Waals surface area contributed by atoms with Gasteiger partial charge in [0.25, 0.3) is 0 Å². The molecule has 2 rings (SSSR count). The van der Waals surface area contributed by atoms with Crippen LogP contribution in [0, 0.1) is 0 Å². The molecule has 0 aliphatic carbocycles. The molecule has 0 saturated carbocycles. The summed E-state index contributed by atoms with van der Waals surface area (Å²) in [5, 5.41) is 7.44. The van der Waals surface area contributed by atoms with Gasteiger partial charge >= 0.3 is 0 Å². The molecule has 1 N–H and O–H groups in total. The Morgan fingerprint density at radius 2 is 2.25 bits per heavy atom. The molecular weight excluding hydrogens is 202 g/mol. The van der Waals surface area contributed by atoms with Crippen LogP contribution in [0.4, 0.5) is 5.95 Å². The first kappa shape index (κ1) is 10.7. The van der Waals surface area contributed by atoms with Crippen molar-refractivity contribution in [2.45, 2.75) is 26.4 Å². The Bertz CT molecular complexity index is 443. The van der Waals surface area contributed by atoms with Gasteiger partial charge in [-0.15, -0.1) is 0 Å². The third-order valence-electron chi connectivity index (χ3n) is 2.53. The highest BCUT2D eigenvalue weighted by Gasteiger charge is 2.02. The quantitative estimate of drug-likeness (QED) is 0.831. The van der Waals surface area contributed by atoms with Crippen LogP contribution in [0.25, 0.3) is 0 Å². The van der Waals surface area contributed by atoms with Crippen molar-refractivity contribution in [3.8, 4) is 0 Å². The van der Waals surface area contributed by atoms with Gasteiger partial charge in [0.1, 0.15) is 0 Å². The van der Waals surface area contributed by atoms with Crippen molar-refractivity contribution in [2.75, 3.05) is 5.32 Å². The SMILES string of the molecule is CCCn1ccnc1NCc1ccnn1C. The van der Waals surface area contributed by atoms with Gasteiger partial charge in [-0.25, -0.2) is 4.98 Å². The van der Waals surface area contributed by atoms with Gasteiger partial charge in [0, 0.05) is 32.2 Å². The van der Waals surface area contributed by atoms with E-state index in [0.717, 1.165) is 31.2 Å². The van der Waals surface area contributed by atoms with E-state index in [1.807, 2.05) is 30.2 Å². The average molecular weight is 219 g/mol. The Labute approximate surface area is 95.1 Å². The highest BCUT2D eigenvalue weighted by atomic mass is 15.3. The molecule has 0 bridgehead atoms. The lowest BCUT2D eigenvalue weighted by atomic mass is 10.4. The van der Waals surface area contributed by atoms with E-state index in [2.05, 4.69) is 26.9 Å². The van der Waals surface area contributed by atoms with Gasteiger partial charge in [-0.2, -0.15) is 5.10 Å². The van der Waals surface area contributed by atoms with Crippen LogP contribution in [0.15, 0.2) is 24.7 Å². The summed E-state index contributed by atoms with van der Waals surface area (Å²) >= 11 is 0. The molecule has 0 fully saturated rings. The van der Waals surface area contributed by atoms with Crippen molar-refractivity contribution in [3.63, 3.8) is 0 Å². The number of nitrogens with one attached hydrogen (secondary N) is 1. The largest absolute Gasteiger partial charge is 0.350 e. The predicted octanol–water partition coefficient (Wildman–Crippen LogP) is 1.64. The number of anilines is 1. The van der Waals surface area contributed by atoms with Crippen molar-refractivity contribution in [2.24, 2.45) is 7.05 Å². The Hall–Kier alpha value is -1.78. The first-order valence-corrected chi connectivity index (χ1v) is 5.53. The molecule has 16 heavy (non-hydrogen) atoms. The molecule has 2 heterocycles. The van der Waals surface area contributed by atoms with Crippen LogP contribution in [0.2, 0.25) is 0 Å². The van der Waals surface area contributed by atoms with E-state index < -0.39 is 0 Å². The monoisotopic (exact) mass is 219 g/mol. The number of rotatable bonds is 5. The summed E-state index contributed by atoms with van der Waals surface area (Å²) in [6.45, 7) is 3.90. The molecule has 0 aromatic carbocycles. The molecule has 2 aromatic rings. The van der Waals surface area contributed by atoms with Crippen LogP contribution < -0.4 is 5.32 Å². The third kappa shape index (κ3) is 2.24. The molecule has 5 heteroatoms. The minimum atomic E-state index is 0.747. The fraction of sp³-hybridized carbons (Fsp3) is 0.455. The molecule has 0 atom stereocenters. The van der Waals surface area contributed by atoms with Crippen molar-refractivity contribution in [1.29, 1.82) is 0 Å². The molecule has 0 unspecified atom stereocenters. The first-order chi connectivity index (χ1) is 7.81. The Morgan fingerprint density at radius 3 is 2.94 bits per heavy atom. The predicted molar refractivity (Wildman–Crippen MR) is 63.1 cm³/mol. The van der Waals surface area contributed by atoms with Gasteiger partial charge < -0.3 is 9.88 Å². The van der Waals surface area contributed by atoms with E-state index in [1.54, 1.807) is 6.20 Å². The van der Waals surface area contributed by atoms with Crippen LogP contribution in [0.1, 0.15) is 19.0 Å². The van der Waals surface area contributed by atoms with Gasteiger partial charge in [-0.1, -0.05) is 6.92 Å². The fourth-order valence-electron chi connectivity index (χ4n) is 1.64. The molecular formula is C11H17N5. The Balaban J connectivity index is 1.99. The third-order valence-corrected chi connectivity index (χ3v) is 2.53. The molecule has 5 nitrogen and oxygen atoms in total. The lowest BCUT2D eigenvalue weighted by Crippen LogP contribution is -2.09. The lowest BCUT2D eigenvalue weighted by Gasteiger charge is -2.08. The van der Waals surface area contributed by atoms with Crippen LogP contribution in [0.3, 0.4) is 0 Å². The zero-order chi connectivity index (χ0) is 11.4. The van der Waals surface area contributed by atoms with Crippen LogP contribution >= 0.6 is 0 Å². The van der Waals surface area contributed by atoms with Crippen LogP contribution in [-0.2, 0) is 20.1 Å². The Kier molecular flexibility index (Phi) is 3.24. The van der Waals surface area contributed by atoms with E-state index >= 15 is 0 Å². The Morgan fingerprint density at radius 1 is 1.38 bits per heavy atom. The zero-order valence-corrected chi connectivity index (χ0v) is 9.72. The minimum absolute atomic E-state index is 0.747. The summed E-state index contributed by atoms with van der Waals surface area (Å²) in [6, 6.07) is 2.00. The van der Waals surface area contributed by atoms with Crippen molar-refractivity contribution in [1.82, 2.24) is 19.3 Å². The summed E-state index contributed by atoms with van der Waals surface area (Å²) in [4.78, 5) is 4.29. The van der Waals surface area contributed by atoms with Crippen LogP contribution in [-0.4, -0.2) is 19.3 Å². The topological polar surface area (TPSA) is 47.7 Å². The number of hydrogen-bond acceptors (Lipinski definition) is 3. The second kappa shape index (κ2) is 4.83. The number of hydrogen-bond donors (Lipinski definition) is 1. The average Bonchev–Trinajstić information content (AvgIpc) is 2.86. The molecule has 86 valence electrons. The van der Waals surface area contributed by atoms with Crippen molar-refractivity contribution < 1.29 is 0 Å². The molecule has 0 amide bonds. The van der Waals surface area contributed by atoms with Crippen LogP contribution in [0.5, 0.6) is 0 Å².